The maximum Gasteiger partial charge on any atom is 0.416 e. The van der Waals surface area contributed by atoms with Crippen LogP contribution in [0, 0.1) is 12.8 Å². The Morgan fingerprint density at radius 1 is 1.20 bits per heavy atom. The molecule has 0 spiro atoms. The molecule has 1 aromatic carbocycles. The molecule has 1 fully saturated rings. The fourth-order valence-corrected chi connectivity index (χ4v) is 7.13. The Labute approximate surface area is 203 Å². The van der Waals surface area contributed by atoms with Crippen LogP contribution < -0.4 is 10.9 Å². The highest BCUT2D eigenvalue weighted by atomic mass is 32.2. The number of alkyl halides is 3. The Kier molecular flexibility index (Phi) is 6.77. The number of nitrogens with one attached hydrogen (secondary N) is 1. The third-order valence-corrected chi connectivity index (χ3v) is 9.16. The highest BCUT2D eigenvalue weighted by Crippen LogP contribution is 2.34. The number of sulfonamides is 1. The summed E-state index contributed by atoms with van der Waals surface area (Å²) in [6.07, 6.45) is -1.88. The lowest BCUT2D eigenvalue weighted by Crippen LogP contribution is -2.38. The van der Waals surface area contributed by atoms with Crippen LogP contribution in [0.1, 0.15) is 30.2 Å². The average molecular weight is 529 g/mol. The number of amides is 1. The molecule has 1 aliphatic rings. The highest BCUT2D eigenvalue weighted by Gasteiger charge is 2.34. The SMILES string of the molecule is Cc1sc2ncn(CC(=O)Nc3ccc(C(F)(F)F)cc3)c(=O)c2c1S(=O)(=O)N1CCC(C)CC1. The number of rotatable bonds is 5. The van der Waals surface area contributed by atoms with Crippen molar-refractivity contribution in [2.75, 3.05) is 18.4 Å². The monoisotopic (exact) mass is 528 g/mol. The molecule has 3 heterocycles. The van der Waals surface area contributed by atoms with Crippen molar-refractivity contribution in [3.05, 3.63) is 51.4 Å². The molecule has 4 rings (SSSR count). The summed E-state index contributed by atoms with van der Waals surface area (Å²) in [4.78, 5) is 30.5. The third kappa shape index (κ3) is 5.11. The number of benzene rings is 1. The van der Waals surface area contributed by atoms with Gasteiger partial charge < -0.3 is 5.32 Å². The molecular formula is C22H23F3N4O4S2. The molecule has 0 unspecified atom stereocenters. The minimum atomic E-state index is -4.50. The maximum absolute atomic E-state index is 13.4. The molecule has 1 aliphatic heterocycles. The smallest absolute Gasteiger partial charge is 0.325 e. The molecule has 1 saturated heterocycles. The Bertz CT molecular complexity index is 1420. The van der Waals surface area contributed by atoms with Gasteiger partial charge in [-0.25, -0.2) is 13.4 Å². The number of piperidine rings is 1. The van der Waals surface area contributed by atoms with Gasteiger partial charge in [0.1, 0.15) is 16.3 Å². The largest absolute Gasteiger partial charge is 0.416 e. The van der Waals surface area contributed by atoms with Crippen LogP contribution in [0.2, 0.25) is 0 Å². The minimum Gasteiger partial charge on any atom is -0.325 e. The Hall–Kier alpha value is -2.77. The first-order valence-electron chi connectivity index (χ1n) is 10.8. The number of aromatic nitrogens is 2. The molecule has 2 aromatic heterocycles. The number of aryl methyl sites for hydroxylation is 1. The van der Waals surface area contributed by atoms with Gasteiger partial charge in [0, 0.05) is 23.7 Å². The van der Waals surface area contributed by atoms with Crippen LogP contribution >= 0.6 is 11.3 Å². The van der Waals surface area contributed by atoms with E-state index in [1.807, 2.05) is 0 Å². The number of carbonyl (C=O) groups excluding carboxylic acids is 1. The minimum absolute atomic E-state index is 0.0593. The number of hydrogen-bond donors (Lipinski definition) is 1. The molecule has 0 atom stereocenters. The van der Waals surface area contributed by atoms with E-state index in [1.165, 1.54) is 4.31 Å². The van der Waals surface area contributed by atoms with Crippen LogP contribution in [-0.4, -0.2) is 41.3 Å². The third-order valence-electron chi connectivity index (χ3n) is 5.95. The van der Waals surface area contributed by atoms with Crippen LogP contribution in [0.15, 0.2) is 40.3 Å². The van der Waals surface area contributed by atoms with Gasteiger partial charge in [-0.2, -0.15) is 17.5 Å². The highest BCUT2D eigenvalue weighted by molar-refractivity contribution is 7.89. The summed E-state index contributed by atoms with van der Waals surface area (Å²) in [5.41, 5.74) is -1.41. The van der Waals surface area contributed by atoms with E-state index < -0.39 is 39.8 Å². The number of nitrogens with zero attached hydrogens (tertiary/aromatic N) is 3. The van der Waals surface area contributed by atoms with E-state index >= 15 is 0 Å². The predicted octanol–water partition coefficient (Wildman–Crippen LogP) is 3.84. The van der Waals surface area contributed by atoms with Crippen molar-refractivity contribution >= 4 is 43.2 Å². The van der Waals surface area contributed by atoms with Gasteiger partial charge in [-0.1, -0.05) is 6.92 Å². The van der Waals surface area contributed by atoms with Gasteiger partial charge in [0.2, 0.25) is 15.9 Å². The maximum atomic E-state index is 13.4. The number of carbonyl (C=O) groups is 1. The van der Waals surface area contributed by atoms with Crippen molar-refractivity contribution in [3.8, 4) is 0 Å². The van der Waals surface area contributed by atoms with Gasteiger partial charge in [0.25, 0.3) is 5.56 Å². The standard InChI is InChI=1S/C22H23F3N4O4S2/c1-13-7-9-29(10-8-13)35(32,33)19-14(2)34-20-18(19)21(31)28(12-26-20)11-17(30)27-16-5-3-15(4-6-16)22(23,24)25/h3-6,12-13H,7-11H2,1-2H3,(H,27,30). The van der Waals surface area contributed by atoms with E-state index in [1.54, 1.807) is 6.92 Å². The van der Waals surface area contributed by atoms with Crippen molar-refractivity contribution < 1.29 is 26.4 Å². The molecule has 35 heavy (non-hydrogen) atoms. The Morgan fingerprint density at radius 3 is 2.43 bits per heavy atom. The van der Waals surface area contributed by atoms with Crippen molar-refractivity contribution in [2.24, 2.45) is 5.92 Å². The van der Waals surface area contributed by atoms with Crippen LogP contribution in [0.5, 0.6) is 0 Å². The van der Waals surface area contributed by atoms with E-state index in [-0.39, 0.29) is 20.8 Å². The summed E-state index contributed by atoms with van der Waals surface area (Å²) < 4.78 is 67.4. The Balaban J connectivity index is 1.61. The molecule has 1 N–H and O–H groups in total. The van der Waals surface area contributed by atoms with E-state index in [0.29, 0.717) is 23.9 Å². The number of anilines is 1. The molecule has 8 nitrogen and oxygen atoms in total. The lowest BCUT2D eigenvalue weighted by Gasteiger charge is -2.29. The molecule has 0 bridgehead atoms. The number of fused-ring (bicyclic) bond motifs is 1. The van der Waals surface area contributed by atoms with Crippen LogP contribution in [0.4, 0.5) is 18.9 Å². The predicted molar refractivity (Wildman–Crippen MR) is 126 cm³/mol. The summed E-state index contributed by atoms with van der Waals surface area (Å²) in [5, 5.41) is 2.37. The molecule has 13 heteroatoms. The zero-order valence-corrected chi connectivity index (χ0v) is 20.6. The molecule has 0 radical (unpaired) electrons. The lowest BCUT2D eigenvalue weighted by molar-refractivity contribution is -0.137. The molecule has 3 aromatic rings. The van der Waals surface area contributed by atoms with Crippen molar-refractivity contribution in [1.82, 2.24) is 13.9 Å². The summed E-state index contributed by atoms with van der Waals surface area (Å²) >= 11 is 1.10. The fourth-order valence-electron chi connectivity index (χ4n) is 3.99. The van der Waals surface area contributed by atoms with E-state index in [4.69, 9.17) is 0 Å². The first kappa shape index (κ1) is 25.3. The number of hydrogen-bond acceptors (Lipinski definition) is 6. The van der Waals surface area contributed by atoms with Gasteiger partial charge in [0.15, 0.2) is 0 Å². The van der Waals surface area contributed by atoms with E-state index in [9.17, 15) is 31.2 Å². The van der Waals surface area contributed by atoms with Crippen molar-refractivity contribution in [2.45, 2.75) is 44.3 Å². The summed E-state index contributed by atoms with van der Waals surface area (Å²) in [7, 11) is -3.93. The summed E-state index contributed by atoms with van der Waals surface area (Å²) in [5.74, 6) is -0.252. The normalized spacial score (nSPS) is 16.0. The van der Waals surface area contributed by atoms with Gasteiger partial charge in [-0.15, -0.1) is 11.3 Å². The molecule has 0 aliphatic carbocycles. The quantitative estimate of drug-likeness (QED) is 0.542. The summed E-state index contributed by atoms with van der Waals surface area (Å²) in [6.45, 7) is 3.92. The van der Waals surface area contributed by atoms with Crippen molar-refractivity contribution in [3.63, 3.8) is 0 Å². The summed E-state index contributed by atoms with van der Waals surface area (Å²) in [6, 6.07) is 3.89. The van der Waals surface area contributed by atoms with Gasteiger partial charge >= 0.3 is 6.18 Å². The zero-order chi connectivity index (χ0) is 25.5. The molecule has 188 valence electrons. The molecule has 0 saturated carbocycles. The second kappa shape index (κ2) is 9.36. The molecule has 1 amide bonds. The average Bonchev–Trinajstić information content (AvgIpc) is 3.13. The first-order valence-corrected chi connectivity index (χ1v) is 13.1. The topological polar surface area (TPSA) is 101 Å². The van der Waals surface area contributed by atoms with Crippen molar-refractivity contribution in [1.29, 1.82) is 0 Å². The zero-order valence-electron chi connectivity index (χ0n) is 18.9. The number of halogens is 3. The van der Waals surface area contributed by atoms with Gasteiger partial charge in [-0.3, -0.25) is 14.2 Å². The second-order valence-corrected chi connectivity index (χ2v) is 11.6. The van der Waals surface area contributed by atoms with E-state index in [2.05, 4.69) is 17.2 Å². The van der Waals surface area contributed by atoms with Gasteiger partial charge in [0.05, 0.1) is 17.3 Å². The van der Waals surface area contributed by atoms with Gasteiger partial charge in [-0.05, 0) is 49.9 Å². The Morgan fingerprint density at radius 2 is 1.83 bits per heavy atom. The van der Waals surface area contributed by atoms with Crippen LogP contribution in [0.3, 0.4) is 0 Å². The first-order chi connectivity index (χ1) is 16.4. The second-order valence-electron chi connectivity index (χ2n) is 8.56. The van der Waals surface area contributed by atoms with Crippen LogP contribution in [0.25, 0.3) is 10.2 Å². The number of thiophene rings is 1. The van der Waals surface area contributed by atoms with Crippen LogP contribution in [-0.2, 0) is 27.5 Å². The van der Waals surface area contributed by atoms with E-state index in [0.717, 1.165) is 59.3 Å². The molecular weight excluding hydrogens is 505 g/mol. The fraction of sp³-hybridized carbons (Fsp3) is 0.409. The lowest BCUT2D eigenvalue weighted by atomic mass is 10.0.